The molecule has 0 aliphatic heterocycles. The molecule has 0 aromatic carbocycles. The molecular weight excluding hydrogens is 216 g/mol. The minimum atomic E-state index is -0.216. The van der Waals surface area contributed by atoms with Crippen LogP contribution in [0.2, 0.25) is 0 Å². The van der Waals surface area contributed by atoms with Gasteiger partial charge in [-0.15, -0.1) is 0 Å². The van der Waals surface area contributed by atoms with Crippen molar-refractivity contribution in [2.24, 2.45) is 5.92 Å². The van der Waals surface area contributed by atoms with E-state index in [0.29, 0.717) is 12.5 Å². The van der Waals surface area contributed by atoms with Gasteiger partial charge >= 0.3 is 0 Å². The van der Waals surface area contributed by atoms with Gasteiger partial charge in [-0.25, -0.2) is 4.98 Å². The number of rotatable bonds is 6. The Bertz CT molecular complexity index is 370. The number of nitrogen functional groups attached to an aromatic ring is 1. The lowest BCUT2D eigenvalue weighted by Crippen LogP contribution is -2.45. The summed E-state index contributed by atoms with van der Waals surface area (Å²) < 4.78 is 1.79. The van der Waals surface area contributed by atoms with Gasteiger partial charge < -0.3 is 15.6 Å². The minimum Gasteiger partial charge on any atom is -0.369 e. The molecule has 0 aliphatic carbocycles. The molecule has 0 bridgehead atoms. The molecule has 1 aromatic heterocycles. The molecule has 5 heteroatoms. The molecule has 0 aliphatic rings. The highest BCUT2D eigenvalue weighted by Gasteiger charge is 2.22. The lowest BCUT2D eigenvalue weighted by atomic mass is 10.0. The van der Waals surface area contributed by atoms with Gasteiger partial charge in [-0.05, 0) is 0 Å². The number of nitrogens with zero attached hydrogens (tertiary/aromatic N) is 2. The van der Waals surface area contributed by atoms with E-state index >= 15 is 0 Å². The standard InChI is InChI=1S/C12H22N4O/c1-8(2)11(17)10(15-9(3)4)7-16-6-5-14-12(16)13/h5-6,8-10,15H,7H2,1-4H3,(H2,13,14). The summed E-state index contributed by atoms with van der Waals surface area (Å²) in [5, 5.41) is 3.27. The van der Waals surface area contributed by atoms with Gasteiger partial charge in [0, 0.05) is 30.9 Å². The Kier molecular flexibility index (Phi) is 4.69. The second kappa shape index (κ2) is 5.82. The highest BCUT2D eigenvalue weighted by molar-refractivity contribution is 5.85. The molecule has 1 heterocycles. The first-order chi connectivity index (χ1) is 7.91. The number of hydrogen-bond acceptors (Lipinski definition) is 4. The van der Waals surface area contributed by atoms with Crippen LogP contribution in [-0.4, -0.2) is 27.4 Å². The first-order valence-corrected chi connectivity index (χ1v) is 5.98. The van der Waals surface area contributed by atoms with Gasteiger partial charge in [0.2, 0.25) is 0 Å². The number of carbonyl (C=O) groups is 1. The van der Waals surface area contributed by atoms with Crippen LogP contribution in [0, 0.1) is 5.92 Å². The molecule has 0 fully saturated rings. The van der Waals surface area contributed by atoms with Crippen molar-refractivity contribution in [2.45, 2.75) is 46.3 Å². The number of anilines is 1. The fraction of sp³-hybridized carbons (Fsp3) is 0.667. The summed E-state index contributed by atoms with van der Waals surface area (Å²) in [7, 11) is 0. The molecule has 1 rings (SSSR count). The number of hydrogen-bond donors (Lipinski definition) is 2. The maximum Gasteiger partial charge on any atom is 0.200 e. The molecule has 17 heavy (non-hydrogen) atoms. The fourth-order valence-corrected chi connectivity index (χ4v) is 1.72. The second-order valence-electron chi connectivity index (χ2n) is 4.87. The first-order valence-electron chi connectivity index (χ1n) is 5.98. The number of Topliss-reactive ketones (excluding diaryl/α,β-unsaturated/α-hetero) is 1. The molecule has 0 radical (unpaired) electrons. The molecule has 0 amide bonds. The van der Waals surface area contributed by atoms with Crippen LogP contribution in [-0.2, 0) is 11.3 Å². The molecular formula is C12H22N4O. The summed E-state index contributed by atoms with van der Waals surface area (Å²) in [6.07, 6.45) is 3.43. The van der Waals surface area contributed by atoms with Crippen molar-refractivity contribution < 1.29 is 4.79 Å². The third-order valence-electron chi connectivity index (χ3n) is 2.57. The van der Waals surface area contributed by atoms with E-state index in [4.69, 9.17) is 5.73 Å². The molecule has 1 unspecified atom stereocenters. The zero-order valence-corrected chi connectivity index (χ0v) is 11.0. The number of imidazole rings is 1. The van der Waals surface area contributed by atoms with Gasteiger partial charge in [-0.1, -0.05) is 27.7 Å². The molecule has 3 N–H and O–H groups in total. The van der Waals surface area contributed by atoms with Crippen LogP contribution < -0.4 is 11.1 Å². The zero-order chi connectivity index (χ0) is 13.0. The SMILES string of the molecule is CC(C)NC(Cn1ccnc1N)C(=O)C(C)C. The van der Waals surface area contributed by atoms with Crippen LogP contribution in [0.5, 0.6) is 0 Å². The highest BCUT2D eigenvalue weighted by atomic mass is 16.1. The third kappa shape index (κ3) is 3.85. The van der Waals surface area contributed by atoms with Gasteiger partial charge in [0.15, 0.2) is 11.7 Å². The second-order valence-corrected chi connectivity index (χ2v) is 4.87. The molecule has 5 nitrogen and oxygen atoms in total. The third-order valence-corrected chi connectivity index (χ3v) is 2.57. The average molecular weight is 238 g/mol. The molecule has 96 valence electrons. The van der Waals surface area contributed by atoms with E-state index in [9.17, 15) is 4.79 Å². The minimum absolute atomic E-state index is 0.0102. The average Bonchev–Trinajstić information content (AvgIpc) is 2.61. The van der Waals surface area contributed by atoms with E-state index in [-0.39, 0.29) is 23.8 Å². The molecule has 0 saturated heterocycles. The lowest BCUT2D eigenvalue weighted by molar-refractivity contribution is -0.124. The van der Waals surface area contributed by atoms with Crippen molar-refractivity contribution in [2.75, 3.05) is 5.73 Å². The molecule has 0 spiro atoms. The predicted molar refractivity (Wildman–Crippen MR) is 68.5 cm³/mol. The Balaban J connectivity index is 2.77. The number of aromatic nitrogens is 2. The number of nitrogens with two attached hydrogens (primary N) is 1. The summed E-state index contributed by atoms with van der Waals surface area (Å²) >= 11 is 0. The smallest absolute Gasteiger partial charge is 0.200 e. The summed E-state index contributed by atoms with van der Waals surface area (Å²) in [6, 6.07) is 0.0407. The number of nitrogens with one attached hydrogen (secondary N) is 1. The first kappa shape index (κ1) is 13.7. The van der Waals surface area contributed by atoms with Crippen molar-refractivity contribution in [1.29, 1.82) is 0 Å². The van der Waals surface area contributed by atoms with Crippen molar-refractivity contribution in [3.05, 3.63) is 12.4 Å². The fourth-order valence-electron chi connectivity index (χ4n) is 1.72. The van der Waals surface area contributed by atoms with E-state index in [1.807, 2.05) is 27.7 Å². The van der Waals surface area contributed by atoms with Crippen LogP contribution in [0.15, 0.2) is 12.4 Å². The van der Waals surface area contributed by atoms with Gasteiger partial charge in [0.1, 0.15) is 0 Å². The lowest BCUT2D eigenvalue weighted by Gasteiger charge is -2.22. The Morgan fingerprint density at radius 3 is 2.53 bits per heavy atom. The zero-order valence-electron chi connectivity index (χ0n) is 11.0. The maximum absolute atomic E-state index is 12.1. The predicted octanol–water partition coefficient (Wildman–Crippen LogP) is 1.06. The van der Waals surface area contributed by atoms with Crippen LogP contribution in [0.3, 0.4) is 0 Å². The summed E-state index contributed by atoms with van der Waals surface area (Å²) in [5.74, 6) is 0.653. The Morgan fingerprint density at radius 2 is 2.12 bits per heavy atom. The van der Waals surface area contributed by atoms with Gasteiger partial charge in [0.25, 0.3) is 0 Å². The van der Waals surface area contributed by atoms with E-state index in [1.165, 1.54) is 0 Å². The van der Waals surface area contributed by atoms with Crippen LogP contribution >= 0.6 is 0 Å². The Hall–Kier alpha value is -1.36. The van der Waals surface area contributed by atoms with E-state index < -0.39 is 0 Å². The monoisotopic (exact) mass is 238 g/mol. The Labute approximate surface area is 102 Å². The van der Waals surface area contributed by atoms with Gasteiger partial charge in [-0.2, -0.15) is 0 Å². The maximum atomic E-state index is 12.1. The normalized spacial score (nSPS) is 13.3. The summed E-state index contributed by atoms with van der Waals surface area (Å²) in [4.78, 5) is 16.0. The van der Waals surface area contributed by atoms with Crippen molar-refractivity contribution in [3.8, 4) is 0 Å². The summed E-state index contributed by atoms with van der Waals surface area (Å²) in [6.45, 7) is 8.40. The topological polar surface area (TPSA) is 72.9 Å². The largest absolute Gasteiger partial charge is 0.369 e. The van der Waals surface area contributed by atoms with Crippen molar-refractivity contribution in [1.82, 2.24) is 14.9 Å². The van der Waals surface area contributed by atoms with E-state index in [2.05, 4.69) is 10.3 Å². The van der Waals surface area contributed by atoms with Crippen LogP contribution in [0.25, 0.3) is 0 Å². The van der Waals surface area contributed by atoms with Crippen molar-refractivity contribution in [3.63, 3.8) is 0 Å². The quantitative estimate of drug-likeness (QED) is 0.777. The Morgan fingerprint density at radius 1 is 1.47 bits per heavy atom. The van der Waals surface area contributed by atoms with Crippen molar-refractivity contribution >= 4 is 11.7 Å². The molecule has 1 atom stereocenters. The van der Waals surface area contributed by atoms with Crippen LogP contribution in [0.1, 0.15) is 27.7 Å². The molecule has 0 saturated carbocycles. The van der Waals surface area contributed by atoms with E-state index in [1.54, 1.807) is 17.0 Å². The van der Waals surface area contributed by atoms with Gasteiger partial charge in [-0.3, -0.25) is 4.79 Å². The van der Waals surface area contributed by atoms with Gasteiger partial charge in [0.05, 0.1) is 6.04 Å². The highest BCUT2D eigenvalue weighted by Crippen LogP contribution is 2.07. The molecule has 1 aromatic rings. The van der Waals surface area contributed by atoms with Crippen LogP contribution in [0.4, 0.5) is 5.95 Å². The summed E-state index contributed by atoms with van der Waals surface area (Å²) in [5.41, 5.74) is 5.71. The number of carbonyl (C=O) groups excluding carboxylic acids is 1. The number of ketones is 1. The van der Waals surface area contributed by atoms with E-state index in [0.717, 1.165) is 0 Å².